The van der Waals surface area contributed by atoms with Crippen molar-refractivity contribution in [1.82, 2.24) is 20.2 Å². The Morgan fingerprint density at radius 3 is 2.95 bits per heavy atom. The van der Waals surface area contributed by atoms with Crippen LogP contribution in [0.5, 0.6) is 0 Å². The standard InChI is InChI=1S/C15H10ClN5/c16-10-1-3-12-14(6-10)17-8-18-15(12)20-11-2-4-13-9(5-11)7-19-21-13/h1-8H,(H,19,21)(H,17,18,20). The number of hydrogen-bond donors (Lipinski definition) is 2. The molecular formula is C15H10ClN5. The summed E-state index contributed by atoms with van der Waals surface area (Å²) < 4.78 is 0. The van der Waals surface area contributed by atoms with Gasteiger partial charge in [-0.05, 0) is 36.4 Å². The Morgan fingerprint density at radius 2 is 2.00 bits per heavy atom. The van der Waals surface area contributed by atoms with Gasteiger partial charge in [0.25, 0.3) is 0 Å². The molecule has 0 fully saturated rings. The molecule has 2 aromatic carbocycles. The molecular weight excluding hydrogens is 286 g/mol. The Balaban J connectivity index is 1.79. The van der Waals surface area contributed by atoms with Gasteiger partial charge in [-0.2, -0.15) is 5.10 Å². The molecule has 0 unspecified atom stereocenters. The summed E-state index contributed by atoms with van der Waals surface area (Å²) >= 11 is 5.99. The van der Waals surface area contributed by atoms with Crippen LogP contribution in [0.2, 0.25) is 5.02 Å². The maximum atomic E-state index is 5.99. The number of nitrogens with zero attached hydrogens (tertiary/aromatic N) is 3. The highest BCUT2D eigenvalue weighted by molar-refractivity contribution is 6.31. The summed E-state index contributed by atoms with van der Waals surface area (Å²) in [6, 6.07) is 11.5. The molecule has 102 valence electrons. The number of aromatic nitrogens is 4. The molecule has 5 nitrogen and oxygen atoms in total. The zero-order valence-corrected chi connectivity index (χ0v) is 11.6. The van der Waals surface area contributed by atoms with E-state index in [2.05, 4.69) is 25.5 Å². The average molecular weight is 296 g/mol. The van der Waals surface area contributed by atoms with Crippen molar-refractivity contribution in [2.45, 2.75) is 0 Å². The molecule has 0 atom stereocenters. The molecule has 0 aliphatic carbocycles. The van der Waals surface area contributed by atoms with Crippen LogP contribution in [0.1, 0.15) is 0 Å². The summed E-state index contributed by atoms with van der Waals surface area (Å²) in [4.78, 5) is 8.55. The van der Waals surface area contributed by atoms with Gasteiger partial charge in [-0.25, -0.2) is 9.97 Å². The largest absolute Gasteiger partial charge is 0.340 e. The molecule has 0 aliphatic heterocycles. The van der Waals surface area contributed by atoms with Crippen LogP contribution in [-0.4, -0.2) is 20.2 Å². The molecule has 0 aliphatic rings. The van der Waals surface area contributed by atoms with E-state index in [1.807, 2.05) is 36.4 Å². The third-order valence-electron chi connectivity index (χ3n) is 3.30. The van der Waals surface area contributed by atoms with Gasteiger partial charge in [-0.1, -0.05) is 11.6 Å². The Kier molecular flexibility index (Phi) is 2.72. The zero-order chi connectivity index (χ0) is 14.2. The van der Waals surface area contributed by atoms with Crippen molar-refractivity contribution < 1.29 is 0 Å². The van der Waals surface area contributed by atoms with Gasteiger partial charge in [0.2, 0.25) is 0 Å². The lowest BCUT2D eigenvalue weighted by Gasteiger charge is -2.08. The monoisotopic (exact) mass is 295 g/mol. The maximum absolute atomic E-state index is 5.99. The predicted molar refractivity (Wildman–Crippen MR) is 83.9 cm³/mol. The first-order chi connectivity index (χ1) is 10.3. The molecule has 21 heavy (non-hydrogen) atoms. The van der Waals surface area contributed by atoms with E-state index < -0.39 is 0 Å². The molecule has 0 saturated heterocycles. The average Bonchev–Trinajstić information content (AvgIpc) is 2.95. The number of anilines is 2. The van der Waals surface area contributed by atoms with Gasteiger partial charge in [0, 0.05) is 21.5 Å². The number of H-pyrrole nitrogens is 1. The van der Waals surface area contributed by atoms with E-state index in [1.54, 1.807) is 6.20 Å². The Bertz CT molecular complexity index is 947. The third kappa shape index (κ3) is 2.17. The van der Waals surface area contributed by atoms with Crippen molar-refractivity contribution in [3.05, 3.63) is 53.9 Å². The van der Waals surface area contributed by atoms with E-state index >= 15 is 0 Å². The number of hydrogen-bond acceptors (Lipinski definition) is 4. The van der Waals surface area contributed by atoms with Crippen molar-refractivity contribution in [2.75, 3.05) is 5.32 Å². The Labute approximate surface area is 125 Å². The molecule has 0 radical (unpaired) electrons. The summed E-state index contributed by atoms with van der Waals surface area (Å²) in [5, 5.41) is 12.9. The van der Waals surface area contributed by atoms with Gasteiger partial charge in [-0.15, -0.1) is 0 Å². The quantitative estimate of drug-likeness (QED) is 0.588. The van der Waals surface area contributed by atoms with Crippen LogP contribution in [0.4, 0.5) is 11.5 Å². The fourth-order valence-corrected chi connectivity index (χ4v) is 2.45. The second kappa shape index (κ2) is 4.71. The molecule has 2 aromatic heterocycles. The second-order valence-electron chi connectivity index (χ2n) is 4.68. The molecule has 2 heterocycles. The first-order valence-electron chi connectivity index (χ1n) is 6.40. The van der Waals surface area contributed by atoms with Crippen LogP contribution in [0.15, 0.2) is 48.9 Å². The van der Waals surface area contributed by atoms with E-state index in [1.165, 1.54) is 6.33 Å². The minimum atomic E-state index is 0.659. The molecule has 0 spiro atoms. The van der Waals surface area contributed by atoms with Crippen LogP contribution < -0.4 is 5.32 Å². The Morgan fingerprint density at radius 1 is 1.05 bits per heavy atom. The SMILES string of the molecule is Clc1ccc2c(Nc3ccc4[nH]ncc4c3)ncnc2c1. The van der Waals surface area contributed by atoms with Crippen LogP contribution >= 0.6 is 11.6 Å². The van der Waals surface area contributed by atoms with E-state index in [4.69, 9.17) is 11.6 Å². The molecule has 4 rings (SSSR count). The van der Waals surface area contributed by atoms with Gasteiger partial charge >= 0.3 is 0 Å². The first kappa shape index (κ1) is 12.1. The maximum Gasteiger partial charge on any atom is 0.141 e. The van der Waals surface area contributed by atoms with Gasteiger partial charge in [0.15, 0.2) is 0 Å². The smallest absolute Gasteiger partial charge is 0.141 e. The van der Waals surface area contributed by atoms with Crippen LogP contribution in [0.3, 0.4) is 0 Å². The van der Waals surface area contributed by atoms with Gasteiger partial charge in [0.1, 0.15) is 12.1 Å². The topological polar surface area (TPSA) is 66.5 Å². The summed E-state index contributed by atoms with van der Waals surface area (Å²) in [7, 11) is 0. The summed E-state index contributed by atoms with van der Waals surface area (Å²) in [5.74, 6) is 0.750. The lowest BCUT2D eigenvalue weighted by atomic mass is 10.2. The summed E-state index contributed by atoms with van der Waals surface area (Å²) in [6.45, 7) is 0. The highest BCUT2D eigenvalue weighted by Gasteiger charge is 2.05. The van der Waals surface area contributed by atoms with Crippen LogP contribution in [0.25, 0.3) is 21.8 Å². The van der Waals surface area contributed by atoms with Crippen molar-refractivity contribution in [1.29, 1.82) is 0 Å². The van der Waals surface area contributed by atoms with E-state index in [0.717, 1.165) is 33.3 Å². The summed E-state index contributed by atoms with van der Waals surface area (Å²) in [5.41, 5.74) is 2.75. The lowest BCUT2D eigenvalue weighted by molar-refractivity contribution is 1.12. The zero-order valence-electron chi connectivity index (χ0n) is 10.8. The molecule has 4 aromatic rings. The predicted octanol–water partition coefficient (Wildman–Crippen LogP) is 3.90. The van der Waals surface area contributed by atoms with Crippen molar-refractivity contribution in [3.63, 3.8) is 0 Å². The van der Waals surface area contributed by atoms with Crippen LogP contribution in [0, 0.1) is 0 Å². The fraction of sp³-hybridized carbons (Fsp3) is 0. The molecule has 0 bridgehead atoms. The van der Waals surface area contributed by atoms with Gasteiger partial charge in [-0.3, -0.25) is 5.10 Å². The highest BCUT2D eigenvalue weighted by Crippen LogP contribution is 2.26. The van der Waals surface area contributed by atoms with E-state index in [9.17, 15) is 0 Å². The minimum Gasteiger partial charge on any atom is -0.340 e. The second-order valence-corrected chi connectivity index (χ2v) is 5.12. The molecule has 0 saturated carbocycles. The number of benzene rings is 2. The lowest BCUT2D eigenvalue weighted by Crippen LogP contribution is -1.95. The summed E-state index contributed by atoms with van der Waals surface area (Å²) in [6.07, 6.45) is 3.32. The van der Waals surface area contributed by atoms with Gasteiger partial charge < -0.3 is 5.32 Å². The van der Waals surface area contributed by atoms with Crippen LogP contribution in [-0.2, 0) is 0 Å². The highest BCUT2D eigenvalue weighted by atomic mass is 35.5. The number of halogens is 1. The minimum absolute atomic E-state index is 0.659. The van der Waals surface area contributed by atoms with E-state index in [-0.39, 0.29) is 0 Å². The first-order valence-corrected chi connectivity index (χ1v) is 6.78. The van der Waals surface area contributed by atoms with Crippen molar-refractivity contribution in [2.24, 2.45) is 0 Å². The normalized spacial score (nSPS) is 11.1. The third-order valence-corrected chi connectivity index (χ3v) is 3.54. The van der Waals surface area contributed by atoms with Crippen molar-refractivity contribution >= 4 is 44.9 Å². The number of fused-ring (bicyclic) bond motifs is 2. The van der Waals surface area contributed by atoms with Gasteiger partial charge in [0.05, 0.1) is 17.2 Å². The number of aromatic amines is 1. The Hall–Kier alpha value is -2.66. The molecule has 0 amide bonds. The molecule has 6 heteroatoms. The van der Waals surface area contributed by atoms with E-state index in [0.29, 0.717) is 5.02 Å². The number of nitrogens with one attached hydrogen (secondary N) is 2. The molecule has 2 N–H and O–H groups in total. The van der Waals surface area contributed by atoms with Crippen molar-refractivity contribution in [3.8, 4) is 0 Å². The fourth-order valence-electron chi connectivity index (χ4n) is 2.29. The number of rotatable bonds is 2.